The van der Waals surface area contributed by atoms with Gasteiger partial charge in [-0.2, -0.15) is 23.4 Å². The van der Waals surface area contributed by atoms with Crippen molar-refractivity contribution in [1.82, 2.24) is 24.1 Å². The van der Waals surface area contributed by atoms with Crippen LogP contribution in [0.2, 0.25) is 0 Å². The highest BCUT2D eigenvalue weighted by Crippen LogP contribution is 2.43. The topological polar surface area (TPSA) is 89.4 Å². The smallest absolute Gasteiger partial charge is 0.316 e. The third-order valence-corrected chi connectivity index (χ3v) is 5.69. The van der Waals surface area contributed by atoms with E-state index >= 15 is 0 Å². The van der Waals surface area contributed by atoms with Crippen LogP contribution in [0.25, 0.3) is 16.9 Å². The number of imidazole rings is 1. The Kier molecular flexibility index (Phi) is 5.05. The second-order valence-electron chi connectivity index (χ2n) is 7.42. The zero-order chi connectivity index (χ0) is 21.5. The summed E-state index contributed by atoms with van der Waals surface area (Å²) in [6.45, 7) is 2.45. The van der Waals surface area contributed by atoms with Gasteiger partial charge in [-0.3, -0.25) is 9.36 Å². The normalized spacial score (nSPS) is 19.7. The molecule has 3 heterocycles. The highest BCUT2D eigenvalue weighted by molar-refractivity contribution is 5.73. The summed E-state index contributed by atoms with van der Waals surface area (Å²) in [5, 5.41) is 9.03. The van der Waals surface area contributed by atoms with Gasteiger partial charge in [0, 0.05) is 12.5 Å². The molecule has 1 fully saturated rings. The van der Waals surface area contributed by atoms with Crippen molar-refractivity contribution >= 4 is 11.2 Å². The van der Waals surface area contributed by atoms with E-state index < -0.39 is 17.7 Å². The van der Waals surface area contributed by atoms with Crippen LogP contribution in [0.3, 0.4) is 0 Å². The van der Waals surface area contributed by atoms with E-state index in [0.29, 0.717) is 23.7 Å². The van der Waals surface area contributed by atoms with Crippen LogP contribution in [0, 0.1) is 17.2 Å². The molecule has 0 radical (unpaired) electrons. The Morgan fingerprint density at radius 1 is 1.20 bits per heavy atom. The van der Waals surface area contributed by atoms with Crippen molar-refractivity contribution < 1.29 is 13.2 Å². The summed E-state index contributed by atoms with van der Waals surface area (Å²) in [6.07, 6.45) is -0.590. The molecule has 0 bridgehead atoms. The molecule has 0 N–H and O–H groups in total. The predicted octanol–water partition coefficient (Wildman–Crippen LogP) is 3.70. The van der Waals surface area contributed by atoms with E-state index in [0.717, 1.165) is 0 Å². The number of fused-ring (bicyclic) bond motifs is 1. The van der Waals surface area contributed by atoms with Gasteiger partial charge < -0.3 is 4.57 Å². The van der Waals surface area contributed by atoms with Crippen molar-refractivity contribution in [3.8, 4) is 11.8 Å². The van der Waals surface area contributed by atoms with E-state index in [-0.39, 0.29) is 42.8 Å². The SMILES string of the molecule is CCn1cnc2c(=O)nc([C@H]3CC[C@@H](C(F)(F)F)CC3)n(-c3ccc(C#N)nc3)c21. The largest absolute Gasteiger partial charge is 0.391 e. The van der Waals surface area contributed by atoms with Gasteiger partial charge >= 0.3 is 11.7 Å². The summed E-state index contributed by atoms with van der Waals surface area (Å²) in [5.74, 6) is -1.21. The van der Waals surface area contributed by atoms with Crippen LogP contribution in [-0.2, 0) is 6.54 Å². The van der Waals surface area contributed by atoms with Crippen LogP contribution < -0.4 is 5.56 Å². The number of hydrogen-bond acceptors (Lipinski definition) is 5. The molecule has 0 amide bonds. The molecule has 0 spiro atoms. The number of aromatic nitrogens is 5. The van der Waals surface area contributed by atoms with E-state index in [1.165, 1.54) is 6.20 Å². The summed E-state index contributed by atoms with van der Waals surface area (Å²) < 4.78 is 42.8. The van der Waals surface area contributed by atoms with Gasteiger partial charge in [-0.05, 0) is 44.7 Å². The van der Waals surface area contributed by atoms with Crippen LogP contribution in [0.15, 0.2) is 29.5 Å². The molecule has 0 atom stereocenters. The van der Waals surface area contributed by atoms with Crippen molar-refractivity contribution in [3.63, 3.8) is 0 Å². The van der Waals surface area contributed by atoms with Crippen molar-refractivity contribution in [3.05, 3.63) is 46.5 Å². The molecule has 0 unspecified atom stereocenters. The minimum Gasteiger partial charge on any atom is -0.316 e. The van der Waals surface area contributed by atoms with Gasteiger partial charge in [0.15, 0.2) is 11.2 Å². The second-order valence-corrected chi connectivity index (χ2v) is 7.42. The Morgan fingerprint density at radius 3 is 2.50 bits per heavy atom. The van der Waals surface area contributed by atoms with Gasteiger partial charge in [-0.25, -0.2) is 9.97 Å². The van der Waals surface area contributed by atoms with E-state index in [1.54, 1.807) is 27.6 Å². The van der Waals surface area contributed by atoms with E-state index in [4.69, 9.17) is 5.26 Å². The molecule has 156 valence electrons. The molecular weight excluding hydrogens is 397 g/mol. The first kappa shape index (κ1) is 20.1. The lowest BCUT2D eigenvalue weighted by molar-refractivity contribution is -0.182. The Bertz CT molecular complexity index is 1160. The molecule has 10 heteroatoms. The minimum atomic E-state index is -4.21. The number of hydrogen-bond donors (Lipinski definition) is 0. The second kappa shape index (κ2) is 7.55. The third-order valence-electron chi connectivity index (χ3n) is 5.69. The zero-order valence-electron chi connectivity index (χ0n) is 16.2. The maximum atomic E-state index is 13.1. The first-order valence-corrected chi connectivity index (χ1v) is 9.74. The maximum absolute atomic E-state index is 13.1. The van der Waals surface area contributed by atoms with Gasteiger partial charge in [-0.1, -0.05) is 0 Å². The number of alkyl halides is 3. The molecule has 30 heavy (non-hydrogen) atoms. The lowest BCUT2D eigenvalue weighted by atomic mass is 9.81. The van der Waals surface area contributed by atoms with Crippen LogP contribution >= 0.6 is 0 Å². The van der Waals surface area contributed by atoms with Crippen molar-refractivity contribution in [1.29, 1.82) is 5.26 Å². The van der Waals surface area contributed by atoms with Gasteiger partial charge in [0.05, 0.1) is 24.1 Å². The minimum absolute atomic E-state index is 0.000728. The Morgan fingerprint density at radius 2 is 1.93 bits per heavy atom. The number of nitriles is 1. The van der Waals surface area contributed by atoms with Crippen LogP contribution in [0.1, 0.15) is 50.0 Å². The molecule has 1 aliphatic carbocycles. The standard InChI is InChI=1S/C20H19F3N6O/c1-2-28-11-26-16-18(30)27-17(12-3-5-13(6-4-12)20(21,22)23)29(19(16)28)15-8-7-14(9-24)25-10-15/h7-8,10-13H,2-6H2,1H3/t12-,13+. The Balaban J connectivity index is 1.87. The summed E-state index contributed by atoms with van der Waals surface area (Å²) >= 11 is 0. The molecule has 1 aliphatic rings. The molecule has 7 nitrogen and oxygen atoms in total. The molecule has 3 aromatic heterocycles. The summed E-state index contributed by atoms with van der Waals surface area (Å²) in [4.78, 5) is 25.2. The average Bonchev–Trinajstić information content (AvgIpc) is 3.18. The molecular formula is C20H19F3N6O. The zero-order valence-corrected chi connectivity index (χ0v) is 16.2. The molecule has 0 aliphatic heterocycles. The average molecular weight is 416 g/mol. The number of rotatable bonds is 3. The maximum Gasteiger partial charge on any atom is 0.391 e. The van der Waals surface area contributed by atoms with Gasteiger partial charge in [0.25, 0.3) is 0 Å². The first-order chi connectivity index (χ1) is 14.3. The molecule has 4 rings (SSSR count). The fourth-order valence-electron chi connectivity index (χ4n) is 4.10. The third kappa shape index (κ3) is 3.44. The lowest BCUT2D eigenvalue weighted by Gasteiger charge is -2.30. The van der Waals surface area contributed by atoms with E-state index in [2.05, 4.69) is 15.0 Å². The fourth-order valence-corrected chi connectivity index (χ4v) is 4.10. The Hall–Kier alpha value is -3.22. The lowest BCUT2D eigenvalue weighted by Crippen LogP contribution is -2.29. The summed E-state index contributed by atoms with van der Waals surface area (Å²) in [6, 6.07) is 5.20. The van der Waals surface area contributed by atoms with Crippen LogP contribution in [0.5, 0.6) is 0 Å². The highest BCUT2D eigenvalue weighted by Gasteiger charge is 2.42. The Labute approximate surface area is 169 Å². The molecule has 1 saturated carbocycles. The quantitative estimate of drug-likeness (QED) is 0.649. The number of pyridine rings is 1. The van der Waals surface area contributed by atoms with Crippen molar-refractivity contribution in [2.75, 3.05) is 0 Å². The number of nitrogens with zero attached hydrogens (tertiary/aromatic N) is 6. The van der Waals surface area contributed by atoms with Crippen LogP contribution in [-0.4, -0.2) is 30.3 Å². The first-order valence-electron chi connectivity index (χ1n) is 9.74. The van der Waals surface area contributed by atoms with Gasteiger partial charge in [-0.15, -0.1) is 0 Å². The summed E-state index contributed by atoms with van der Waals surface area (Å²) in [7, 11) is 0. The fraction of sp³-hybridized carbons (Fsp3) is 0.450. The van der Waals surface area contributed by atoms with E-state index in [9.17, 15) is 18.0 Å². The van der Waals surface area contributed by atoms with E-state index in [1.807, 2.05) is 13.0 Å². The van der Waals surface area contributed by atoms with Gasteiger partial charge in [0.1, 0.15) is 17.6 Å². The van der Waals surface area contributed by atoms with Crippen LogP contribution in [0.4, 0.5) is 13.2 Å². The van der Waals surface area contributed by atoms with Crippen molar-refractivity contribution in [2.24, 2.45) is 5.92 Å². The summed E-state index contributed by atoms with van der Waals surface area (Å²) in [5.41, 5.74) is 1.03. The van der Waals surface area contributed by atoms with Crippen molar-refractivity contribution in [2.45, 2.75) is 51.2 Å². The number of halogens is 3. The monoisotopic (exact) mass is 416 g/mol. The molecule has 0 saturated heterocycles. The number of aryl methyl sites for hydroxylation is 1. The predicted molar refractivity (Wildman–Crippen MR) is 102 cm³/mol. The highest BCUT2D eigenvalue weighted by atomic mass is 19.4. The molecule has 0 aromatic carbocycles. The van der Waals surface area contributed by atoms with Gasteiger partial charge in [0.2, 0.25) is 0 Å². The molecule has 3 aromatic rings.